The Morgan fingerprint density at radius 1 is 1.41 bits per heavy atom. The van der Waals surface area contributed by atoms with Gasteiger partial charge >= 0.3 is 5.97 Å². The molecule has 7 heteroatoms. The summed E-state index contributed by atoms with van der Waals surface area (Å²) in [7, 11) is 1.79. The van der Waals surface area contributed by atoms with Gasteiger partial charge in [-0.2, -0.15) is 5.10 Å². The Balaban J connectivity index is 2.30. The normalized spacial score (nSPS) is 12.4. The van der Waals surface area contributed by atoms with Crippen LogP contribution in [0.2, 0.25) is 0 Å². The number of aliphatic carboxylic acids is 1. The first kappa shape index (κ1) is 15.9. The highest BCUT2D eigenvalue weighted by atomic mass is 16.4. The number of rotatable bonds is 5. The van der Waals surface area contributed by atoms with Gasteiger partial charge in [0.05, 0.1) is 16.6 Å². The summed E-state index contributed by atoms with van der Waals surface area (Å²) in [4.78, 5) is 27.5. The van der Waals surface area contributed by atoms with Gasteiger partial charge in [-0.05, 0) is 33.3 Å². The molecule has 2 N–H and O–H groups in total. The Bertz CT molecular complexity index is 736. The molecular formula is C15H20N4O3. The Kier molecular flexibility index (Phi) is 4.44. The lowest BCUT2D eigenvalue weighted by atomic mass is 10.1. The van der Waals surface area contributed by atoms with Crippen molar-refractivity contribution in [1.29, 1.82) is 0 Å². The van der Waals surface area contributed by atoms with Gasteiger partial charge in [-0.1, -0.05) is 0 Å². The summed E-state index contributed by atoms with van der Waals surface area (Å²) in [5.41, 5.74) is 2.67. The van der Waals surface area contributed by atoms with Gasteiger partial charge < -0.3 is 10.4 Å². The molecule has 22 heavy (non-hydrogen) atoms. The highest BCUT2D eigenvalue weighted by molar-refractivity contribution is 6.06. The number of pyridine rings is 1. The fourth-order valence-corrected chi connectivity index (χ4v) is 2.46. The van der Waals surface area contributed by atoms with E-state index in [0.29, 0.717) is 17.6 Å². The third-order valence-corrected chi connectivity index (χ3v) is 3.51. The lowest BCUT2D eigenvalue weighted by molar-refractivity contribution is -0.137. The van der Waals surface area contributed by atoms with E-state index in [-0.39, 0.29) is 18.4 Å². The van der Waals surface area contributed by atoms with Gasteiger partial charge in [0, 0.05) is 25.2 Å². The van der Waals surface area contributed by atoms with Crippen LogP contribution in [0.25, 0.3) is 11.0 Å². The Morgan fingerprint density at radius 2 is 2.09 bits per heavy atom. The molecule has 0 aliphatic carbocycles. The molecule has 7 nitrogen and oxygen atoms in total. The van der Waals surface area contributed by atoms with Gasteiger partial charge in [0.2, 0.25) is 0 Å². The first-order valence-corrected chi connectivity index (χ1v) is 7.13. The highest BCUT2D eigenvalue weighted by Crippen LogP contribution is 2.21. The van der Waals surface area contributed by atoms with E-state index in [1.165, 1.54) is 0 Å². The quantitative estimate of drug-likeness (QED) is 0.874. The Morgan fingerprint density at radius 3 is 2.73 bits per heavy atom. The SMILES string of the molecule is Cc1cc(C(=O)NC(C)CCC(=O)O)c2c(C)nn(C)c2n1. The van der Waals surface area contributed by atoms with Crippen LogP contribution in [0.3, 0.4) is 0 Å². The first-order chi connectivity index (χ1) is 10.3. The second-order valence-corrected chi connectivity index (χ2v) is 5.53. The molecule has 0 aliphatic heterocycles. The Hall–Kier alpha value is -2.44. The van der Waals surface area contributed by atoms with Crippen molar-refractivity contribution in [3.63, 3.8) is 0 Å². The minimum absolute atomic E-state index is 0.0259. The molecule has 0 aromatic carbocycles. The summed E-state index contributed by atoms with van der Waals surface area (Å²) < 4.78 is 1.66. The molecule has 0 bridgehead atoms. The van der Waals surface area contributed by atoms with E-state index in [1.807, 2.05) is 13.8 Å². The molecule has 118 valence electrons. The maximum absolute atomic E-state index is 12.5. The van der Waals surface area contributed by atoms with Crippen LogP contribution in [0.5, 0.6) is 0 Å². The first-order valence-electron chi connectivity index (χ1n) is 7.13. The number of hydrogen-bond donors (Lipinski definition) is 2. The predicted octanol–water partition coefficient (Wildman–Crippen LogP) is 1.57. The van der Waals surface area contributed by atoms with Crippen molar-refractivity contribution in [2.24, 2.45) is 7.05 Å². The van der Waals surface area contributed by atoms with Crippen LogP contribution in [-0.4, -0.2) is 37.8 Å². The van der Waals surface area contributed by atoms with Crippen molar-refractivity contribution >= 4 is 22.9 Å². The summed E-state index contributed by atoms with van der Waals surface area (Å²) in [5, 5.41) is 16.6. The van der Waals surface area contributed by atoms with Gasteiger partial charge in [-0.25, -0.2) is 4.98 Å². The lowest BCUT2D eigenvalue weighted by Crippen LogP contribution is -2.33. The fraction of sp³-hybridized carbons (Fsp3) is 0.467. The van der Waals surface area contributed by atoms with Gasteiger partial charge in [0.15, 0.2) is 5.65 Å². The second kappa shape index (κ2) is 6.13. The largest absolute Gasteiger partial charge is 0.481 e. The molecule has 1 atom stereocenters. The molecule has 0 saturated carbocycles. The highest BCUT2D eigenvalue weighted by Gasteiger charge is 2.19. The van der Waals surface area contributed by atoms with Crippen LogP contribution in [0.15, 0.2) is 6.07 Å². The third kappa shape index (κ3) is 3.24. The number of nitrogens with one attached hydrogen (secondary N) is 1. The lowest BCUT2D eigenvalue weighted by Gasteiger charge is -2.13. The van der Waals surface area contributed by atoms with Crippen molar-refractivity contribution in [1.82, 2.24) is 20.1 Å². The molecule has 2 aromatic heterocycles. The molecular weight excluding hydrogens is 284 g/mol. The van der Waals surface area contributed by atoms with E-state index in [9.17, 15) is 9.59 Å². The van der Waals surface area contributed by atoms with Crippen LogP contribution in [0.4, 0.5) is 0 Å². The van der Waals surface area contributed by atoms with E-state index in [2.05, 4.69) is 15.4 Å². The van der Waals surface area contributed by atoms with Gasteiger partial charge in [-0.3, -0.25) is 14.3 Å². The summed E-state index contributed by atoms with van der Waals surface area (Å²) in [6.07, 6.45) is 0.415. The minimum Gasteiger partial charge on any atom is -0.481 e. The minimum atomic E-state index is -0.869. The van der Waals surface area contributed by atoms with E-state index in [1.54, 1.807) is 24.7 Å². The van der Waals surface area contributed by atoms with Crippen molar-refractivity contribution in [2.45, 2.75) is 39.7 Å². The smallest absolute Gasteiger partial charge is 0.303 e. The zero-order valence-corrected chi connectivity index (χ0v) is 13.2. The van der Waals surface area contributed by atoms with E-state index in [0.717, 1.165) is 16.8 Å². The van der Waals surface area contributed by atoms with E-state index < -0.39 is 5.97 Å². The second-order valence-electron chi connectivity index (χ2n) is 5.53. The van der Waals surface area contributed by atoms with Crippen molar-refractivity contribution in [3.05, 3.63) is 23.0 Å². The van der Waals surface area contributed by atoms with Crippen molar-refractivity contribution in [3.8, 4) is 0 Å². The monoisotopic (exact) mass is 304 g/mol. The number of carbonyl (C=O) groups excluding carboxylic acids is 1. The molecule has 2 heterocycles. The summed E-state index contributed by atoms with van der Waals surface area (Å²) in [5.74, 6) is -1.10. The summed E-state index contributed by atoms with van der Waals surface area (Å²) in [6, 6.07) is 1.51. The fourth-order valence-electron chi connectivity index (χ4n) is 2.46. The third-order valence-electron chi connectivity index (χ3n) is 3.51. The van der Waals surface area contributed by atoms with Gasteiger partial charge in [-0.15, -0.1) is 0 Å². The molecule has 0 saturated heterocycles. The van der Waals surface area contributed by atoms with Crippen LogP contribution < -0.4 is 5.32 Å². The Labute approximate surface area is 128 Å². The topological polar surface area (TPSA) is 97.1 Å². The maximum atomic E-state index is 12.5. The van der Waals surface area contributed by atoms with Crippen LogP contribution in [0, 0.1) is 13.8 Å². The van der Waals surface area contributed by atoms with Gasteiger partial charge in [0.25, 0.3) is 5.91 Å². The number of amides is 1. The van der Waals surface area contributed by atoms with Crippen LogP contribution in [0.1, 0.15) is 41.5 Å². The number of fused-ring (bicyclic) bond motifs is 1. The molecule has 0 radical (unpaired) electrons. The van der Waals surface area contributed by atoms with Crippen molar-refractivity contribution < 1.29 is 14.7 Å². The standard InChI is InChI=1S/C15H20N4O3/c1-8(5-6-12(20)21)17-15(22)11-7-9(2)16-14-13(11)10(3)18-19(14)4/h7-8H,5-6H2,1-4H3,(H,17,22)(H,20,21). The number of aromatic nitrogens is 3. The molecule has 1 amide bonds. The number of aryl methyl sites for hydroxylation is 3. The van der Waals surface area contributed by atoms with E-state index in [4.69, 9.17) is 5.11 Å². The zero-order valence-electron chi connectivity index (χ0n) is 13.2. The molecule has 0 spiro atoms. The van der Waals surface area contributed by atoms with Crippen LogP contribution >= 0.6 is 0 Å². The average Bonchev–Trinajstić information content (AvgIpc) is 2.70. The van der Waals surface area contributed by atoms with E-state index >= 15 is 0 Å². The number of hydrogen-bond acceptors (Lipinski definition) is 4. The summed E-state index contributed by atoms with van der Waals surface area (Å²) in [6.45, 7) is 5.46. The number of carbonyl (C=O) groups is 2. The number of carboxylic acid groups (broad SMARTS) is 1. The van der Waals surface area contributed by atoms with Crippen molar-refractivity contribution in [2.75, 3.05) is 0 Å². The molecule has 2 rings (SSSR count). The van der Waals surface area contributed by atoms with Gasteiger partial charge in [0.1, 0.15) is 0 Å². The average molecular weight is 304 g/mol. The van der Waals surface area contributed by atoms with Crippen LogP contribution in [-0.2, 0) is 11.8 Å². The molecule has 0 aliphatic rings. The maximum Gasteiger partial charge on any atom is 0.303 e. The number of nitrogens with zero attached hydrogens (tertiary/aromatic N) is 3. The number of carboxylic acids is 1. The summed E-state index contributed by atoms with van der Waals surface area (Å²) >= 11 is 0. The zero-order chi connectivity index (χ0) is 16.4. The predicted molar refractivity (Wildman–Crippen MR) is 81.8 cm³/mol. The molecule has 0 fully saturated rings. The molecule has 2 aromatic rings. The molecule has 1 unspecified atom stereocenters.